The summed E-state index contributed by atoms with van der Waals surface area (Å²) in [6.07, 6.45) is 7.46. The predicted molar refractivity (Wildman–Crippen MR) is 237 cm³/mol. The molecule has 336 valence electrons. The second-order valence-corrected chi connectivity index (χ2v) is 18.4. The first-order valence-electron chi connectivity index (χ1n) is 22.8. The van der Waals surface area contributed by atoms with Crippen LogP contribution in [0.15, 0.2) is 48.7 Å². The molecule has 0 bridgehead atoms. The van der Waals surface area contributed by atoms with Crippen LogP contribution >= 0.6 is 0 Å². The van der Waals surface area contributed by atoms with Crippen LogP contribution in [0.25, 0.3) is 44.2 Å². The number of fused-ring (bicyclic) bond motifs is 7. The summed E-state index contributed by atoms with van der Waals surface area (Å²) in [5, 5.41) is 7.61. The summed E-state index contributed by atoms with van der Waals surface area (Å²) in [6.45, 7) is 5.95. The van der Waals surface area contributed by atoms with Crippen molar-refractivity contribution >= 4 is 45.8 Å². The van der Waals surface area contributed by atoms with E-state index in [1.54, 1.807) is 0 Å². The Bertz CT molecular complexity index is 2620. The zero-order valence-electron chi connectivity index (χ0n) is 36.8. The highest BCUT2D eigenvalue weighted by atomic mass is 16.5. The fraction of sp³-hybridized carbons (Fsp3) is 0.500. The van der Waals surface area contributed by atoms with E-state index in [1.807, 2.05) is 29.8 Å². The number of methoxy groups -OCH3 is 2. The summed E-state index contributed by atoms with van der Waals surface area (Å²) in [7, 11) is 2.62. The number of carbonyl (C=O) groups excluding carboxylic acids is 4. The molecule has 4 fully saturated rings. The van der Waals surface area contributed by atoms with Gasteiger partial charge in [0.25, 0.3) is 0 Å². The van der Waals surface area contributed by atoms with E-state index < -0.39 is 24.3 Å². The fourth-order valence-electron chi connectivity index (χ4n) is 11.1. The van der Waals surface area contributed by atoms with Crippen LogP contribution in [0.3, 0.4) is 0 Å². The summed E-state index contributed by atoms with van der Waals surface area (Å²) < 4.78 is 21.8. The summed E-state index contributed by atoms with van der Waals surface area (Å²) in [4.78, 5) is 74.0. The van der Waals surface area contributed by atoms with Crippen LogP contribution in [0.2, 0.25) is 0 Å². The Hall–Kier alpha value is -6.16. The number of alkyl carbamates (subject to hydrolysis) is 2. The molecule has 0 radical (unpaired) electrons. The molecule has 3 saturated heterocycles. The number of nitrogens with zero attached hydrogens (tertiary/aromatic N) is 4. The molecule has 4 aliphatic heterocycles. The van der Waals surface area contributed by atoms with E-state index in [9.17, 15) is 19.2 Å². The molecule has 5 aromatic rings. The first-order valence-corrected chi connectivity index (χ1v) is 22.8. The number of aromatic nitrogens is 4. The average Bonchev–Trinajstić information content (AvgIpc) is 4.17. The van der Waals surface area contributed by atoms with Crippen LogP contribution in [0.4, 0.5) is 9.59 Å². The highest BCUT2D eigenvalue weighted by Gasteiger charge is 2.49. The minimum atomic E-state index is -0.709. The second-order valence-electron chi connectivity index (χ2n) is 18.4. The predicted octanol–water partition coefficient (Wildman–Crippen LogP) is 7.30. The zero-order chi connectivity index (χ0) is 44.2. The highest BCUT2D eigenvalue weighted by Crippen LogP contribution is 2.49. The van der Waals surface area contributed by atoms with E-state index in [-0.39, 0.29) is 41.8 Å². The van der Waals surface area contributed by atoms with Gasteiger partial charge >= 0.3 is 12.2 Å². The molecule has 0 unspecified atom stereocenters. The van der Waals surface area contributed by atoms with E-state index in [2.05, 4.69) is 63.1 Å². The number of hydrogen-bond donors (Lipinski definition) is 4. The molecule has 4 amide bonds. The van der Waals surface area contributed by atoms with E-state index >= 15 is 0 Å². The van der Waals surface area contributed by atoms with Crippen LogP contribution in [0.1, 0.15) is 94.5 Å². The fourth-order valence-corrected chi connectivity index (χ4v) is 11.1. The number of aromatic amines is 2. The van der Waals surface area contributed by atoms with E-state index in [0.717, 1.165) is 99.9 Å². The minimum absolute atomic E-state index is 0.0389. The third kappa shape index (κ3) is 7.48. The van der Waals surface area contributed by atoms with Crippen LogP contribution in [-0.4, -0.2) is 106 Å². The number of ether oxygens (including phenoxy) is 4. The molecule has 4 N–H and O–H groups in total. The second kappa shape index (κ2) is 17.1. The smallest absolute Gasteiger partial charge is 0.407 e. The van der Waals surface area contributed by atoms with Crippen LogP contribution in [0, 0.1) is 17.8 Å². The van der Waals surface area contributed by atoms with Gasteiger partial charge in [-0.1, -0.05) is 38.5 Å². The van der Waals surface area contributed by atoms with Crippen molar-refractivity contribution in [1.82, 2.24) is 40.4 Å². The topological polar surface area (TPSA) is 193 Å². The van der Waals surface area contributed by atoms with Gasteiger partial charge in [-0.2, -0.15) is 0 Å². The van der Waals surface area contributed by atoms with Crippen LogP contribution < -0.4 is 15.4 Å². The average molecular weight is 873 g/mol. The molecular formula is C48H56N8O8. The lowest BCUT2D eigenvalue weighted by Gasteiger charge is -2.34. The molecule has 3 aromatic carbocycles. The summed E-state index contributed by atoms with van der Waals surface area (Å²) >= 11 is 0. The van der Waals surface area contributed by atoms with E-state index in [1.165, 1.54) is 14.2 Å². The van der Waals surface area contributed by atoms with Gasteiger partial charge in [0.15, 0.2) is 0 Å². The largest absolute Gasteiger partial charge is 0.488 e. The van der Waals surface area contributed by atoms with E-state index in [0.29, 0.717) is 50.9 Å². The van der Waals surface area contributed by atoms with Gasteiger partial charge < -0.3 is 49.3 Å². The lowest BCUT2D eigenvalue weighted by molar-refractivity contribution is -0.138. The monoisotopic (exact) mass is 872 g/mol. The Kier molecular flexibility index (Phi) is 11.2. The Morgan fingerprint density at radius 2 is 1.66 bits per heavy atom. The van der Waals surface area contributed by atoms with Gasteiger partial charge in [-0.25, -0.2) is 19.6 Å². The summed E-state index contributed by atoms with van der Waals surface area (Å²) in [6, 6.07) is 13.0. The Morgan fingerprint density at radius 3 is 2.45 bits per heavy atom. The Morgan fingerprint density at radius 1 is 0.844 bits per heavy atom. The summed E-state index contributed by atoms with van der Waals surface area (Å²) in [5.41, 5.74) is 6.66. The maximum atomic E-state index is 14.3. The van der Waals surface area contributed by atoms with Gasteiger partial charge in [-0.15, -0.1) is 0 Å². The molecule has 5 aliphatic rings. The van der Waals surface area contributed by atoms with Crippen molar-refractivity contribution in [3.8, 4) is 28.1 Å². The van der Waals surface area contributed by atoms with Crippen molar-refractivity contribution in [2.75, 3.05) is 34.0 Å². The number of carbonyl (C=O) groups is 4. The van der Waals surface area contributed by atoms with E-state index in [4.69, 9.17) is 28.9 Å². The molecule has 1 aliphatic carbocycles. The quantitative estimate of drug-likeness (QED) is 0.117. The van der Waals surface area contributed by atoms with Gasteiger partial charge in [0.2, 0.25) is 11.8 Å². The van der Waals surface area contributed by atoms with Crippen molar-refractivity contribution in [3.05, 3.63) is 65.9 Å². The number of amides is 4. The third-order valence-electron chi connectivity index (χ3n) is 14.4. The first kappa shape index (κ1) is 41.8. The normalized spacial score (nSPS) is 22.8. The van der Waals surface area contributed by atoms with Crippen molar-refractivity contribution in [2.45, 2.75) is 102 Å². The first-order chi connectivity index (χ1) is 31.1. The van der Waals surface area contributed by atoms with Crippen molar-refractivity contribution in [2.24, 2.45) is 17.8 Å². The highest BCUT2D eigenvalue weighted by molar-refractivity contribution is 6.07. The zero-order valence-corrected chi connectivity index (χ0v) is 36.8. The van der Waals surface area contributed by atoms with Crippen LogP contribution in [0.5, 0.6) is 5.75 Å². The van der Waals surface area contributed by atoms with Gasteiger partial charge in [0.1, 0.15) is 36.1 Å². The van der Waals surface area contributed by atoms with Gasteiger partial charge in [0, 0.05) is 36.8 Å². The third-order valence-corrected chi connectivity index (χ3v) is 14.4. The van der Waals surface area contributed by atoms with Crippen molar-refractivity contribution < 1.29 is 38.1 Å². The molecule has 2 aromatic heterocycles. The number of benzene rings is 3. The Balaban J connectivity index is 0.899. The maximum Gasteiger partial charge on any atom is 0.407 e. The SMILES string of the molecule is COC(=O)N[C@H](C(=O)N1[C@H](c2nc3c(ccc4cc5c(cc43)OCc3cc(-c4cnc([C@@H]6CCCN6C(=O)[C@@H](NC(=O)OC)C6CCOCC6)[nH]4)ccc3-5)[nH]2)C[C@@H]2CCC[C@@H]21)C(C)C. The lowest BCUT2D eigenvalue weighted by atomic mass is 9.90. The number of imidazole rings is 2. The molecule has 64 heavy (non-hydrogen) atoms. The maximum absolute atomic E-state index is 14.3. The van der Waals surface area contributed by atoms with Crippen LogP contribution in [-0.2, 0) is 30.4 Å². The molecule has 6 heterocycles. The molecule has 16 heteroatoms. The lowest BCUT2D eigenvalue weighted by Crippen LogP contribution is -2.53. The number of likely N-dealkylation sites (tertiary alicyclic amines) is 2. The molecule has 6 atom stereocenters. The Labute approximate surface area is 371 Å². The molecular weight excluding hydrogens is 817 g/mol. The molecule has 1 saturated carbocycles. The van der Waals surface area contributed by atoms with Crippen molar-refractivity contribution in [3.63, 3.8) is 0 Å². The number of rotatable bonds is 9. The van der Waals surface area contributed by atoms with Gasteiger partial charge in [-0.05, 0) is 109 Å². The minimum Gasteiger partial charge on any atom is -0.488 e. The standard InChI is InChI=1S/C48H56N8O8/c1-25(2)40(53-47(59)61-3)46(58)56-36-8-5-7-29(36)21-38(56)44-50-34-13-11-27-20-33-31-12-10-28(19-30(31)24-64-39(33)22-32(27)42(34)52-44)35-23-49-43(51-35)37-9-6-16-55(37)45(57)41(54-48(60)62-4)26-14-17-63-18-15-26/h10-13,19-20,22-23,25-26,29,36-38,40-41H,5-9,14-18,21,24H2,1-4H3,(H,49,51)(H,50,52)(H,53,59)(H,54,60)/t29-,36-,37-,38-,40-,41-/m0/s1. The number of hydrogen-bond acceptors (Lipinski definition) is 10. The number of H-pyrrole nitrogens is 2. The molecule has 0 spiro atoms. The van der Waals surface area contributed by atoms with Gasteiger partial charge in [-0.3, -0.25) is 9.59 Å². The van der Waals surface area contributed by atoms with Crippen molar-refractivity contribution in [1.29, 1.82) is 0 Å². The molecule has 16 nitrogen and oxygen atoms in total. The number of nitrogens with one attached hydrogen (secondary N) is 4. The van der Waals surface area contributed by atoms with Gasteiger partial charge in [0.05, 0.1) is 49.2 Å². The summed E-state index contributed by atoms with van der Waals surface area (Å²) in [5.74, 6) is 2.25. The molecule has 10 rings (SSSR count).